The SMILES string of the molecule is C1CCC2(CC1)OCCO2.C=O.CC.CC.CCC=P(c1ccccc1)(c1ccccc1)c1ccccc1.c1ccccc1. The summed E-state index contributed by atoms with van der Waals surface area (Å²) in [6.45, 7) is 12.2. The van der Waals surface area contributed by atoms with Crippen molar-refractivity contribution < 1.29 is 14.3 Å². The van der Waals surface area contributed by atoms with Gasteiger partial charge in [-0.1, -0.05) is 174 Å². The van der Waals surface area contributed by atoms with Crippen molar-refractivity contribution in [3.05, 3.63) is 127 Å². The average molecular weight is 615 g/mol. The Morgan fingerprint density at radius 1 is 0.568 bits per heavy atom. The smallest absolute Gasteiger partial charge is 0.168 e. The third-order valence-electron chi connectivity index (χ3n) is 7.04. The fourth-order valence-electron chi connectivity index (χ4n) is 5.29. The van der Waals surface area contributed by atoms with Gasteiger partial charge in [0.15, 0.2) is 5.79 Å². The molecule has 238 valence electrons. The summed E-state index contributed by atoms with van der Waals surface area (Å²) in [5.41, 5.74) is 0. The highest BCUT2D eigenvalue weighted by Crippen LogP contribution is 2.43. The molecular weight excluding hydrogens is 559 g/mol. The van der Waals surface area contributed by atoms with Crippen molar-refractivity contribution in [3.8, 4) is 0 Å². The Labute approximate surface area is 268 Å². The van der Waals surface area contributed by atoms with Crippen LogP contribution >= 0.6 is 6.89 Å². The minimum absolute atomic E-state index is 0.127. The van der Waals surface area contributed by atoms with Crippen molar-refractivity contribution in [1.82, 2.24) is 0 Å². The second kappa shape index (κ2) is 24.1. The highest BCUT2D eigenvalue weighted by atomic mass is 31.2. The number of hydrogen-bond acceptors (Lipinski definition) is 3. The fourth-order valence-corrected chi connectivity index (χ4v) is 9.29. The van der Waals surface area contributed by atoms with Crippen molar-refractivity contribution in [2.45, 2.75) is 78.9 Å². The zero-order valence-corrected chi connectivity index (χ0v) is 28.6. The largest absolute Gasteiger partial charge is 0.348 e. The second-order valence-electron chi connectivity index (χ2n) is 9.64. The summed E-state index contributed by atoms with van der Waals surface area (Å²) < 4.78 is 11.1. The van der Waals surface area contributed by atoms with Gasteiger partial charge in [0, 0.05) is 12.8 Å². The number of hydrogen-bond donors (Lipinski definition) is 0. The average Bonchev–Trinajstić information content (AvgIpc) is 3.59. The monoisotopic (exact) mass is 614 g/mol. The Morgan fingerprint density at radius 2 is 0.864 bits per heavy atom. The summed E-state index contributed by atoms with van der Waals surface area (Å²) in [6.07, 6.45) is 7.21. The molecule has 2 fully saturated rings. The molecule has 1 saturated heterocycles. The Balaban J connectivity index is 0.000000362. The molecule has 1 aliphatic heterocycles. The summed E-state index contributed by atoms with van der Waals surface area (Å²) in [4.78, 5) is 8.00. The third-order valence-corrected chi connectivity index (χ3v) is 11.3. The summed E-state index contributed by atoms with van der Waals surface area (Å²) in [7, 11) is 0. The van der Waals surface area contributed by atoms with Crippen molar-refractivity contribution in [2.75, 3.05) is 13.2 Å². The highest BCUT2D eigenvalue weighted by Gasteiger charge is 2.37. The predicted molar refractivity (Wildman–Crippen MR) is 195 cm³/mol. The molecule has 44 heavy (non-hydrogen) atoms. The van der Waals surface area contributed by atoms with E-state index in [0.717, 1.165) is 32.5 Å². The van der Waals surface area contributed by atoms with Crippen LogP contribution in [0, 0.1) is 0 Å². The molecule has 1 heterocycles. The van der Waals surface area contributed by atoms with Gasteiger partial charge in [0.05, 0.1) is 13.2 Å². The number of carbonyl (C=O) groups is 1. The minimum Gasteiger partial charge on any atom is -0.348 e. The van der Waals surface area contributed by atoms with E-state index in [9.17, 15) is 0 Å². The second-order valence-corrected chi connectivity index (χ2v) is 13.0. The standard InChI is InChI=1S/C21H21P.C8H14O2.C6H6.2C2H6.CH2O/c1-2-18-22(19-12-6-3-7-13-19,20-14-8-4-9-15-20)21-16-10-5-11-17-21;1-2-4-8(5-3-1)9-6-7-10-8;1-2-4-6-5-3-1;3*1-2/h3-18H,2H2,1H3;1-7H2;1-6H;2*1-2H3;1H2. The van der Waals surface area contributed by atoms with E-state index in [4.69, 9.17) is 14.3 Å². The van der Waals surface area contributed by atoms with Crippen LogP contribution in [-0.4, -0.2) is 31.6 Å². The number of carbonyl (C=O) groups excluding carboxylic acids is 1. The van der Waals surface area contributed by atoms with Gasteiger partial charge in [0.2, 0.25) is 0 Å². The van der Waals surface area contributed by atoms with E-state index >= 15 is 0 Å². The van der Waals surface area contributed by atoms with Crippen LogP contribution in [0.15, 0.2) is 127 Å². The number of ether oxygens (including phenoxy) is 2. The van der Waals surface area contributed by atoms with Gasteiger partial charge >= 0.3 is 0 Å². The van der Waals surface area contributed by atoms with Gasteiger partial charge < -0.3 is 14.3 Å². The lowest BCUT2D eigenvalue weighted by molar-refractivity contribution is -0.176. The molecule has 4 heteroatoms. The van der Waals surface area contributed by atoms with Crippen molar-refractivity contribution >= 4 is 35.4 Å². The molecule has 0 N–H and O–H groups in total. The molecule has 0 aromatic heterocycles. The van der Waals surface area contributed by atoms with Gasteiger partial charge in [0.1, 0.15) is 6.79 Å². The first kappa shape index (κ1) is 38.8. The first-order chi connectivity index (χ1) is 21.8. The van der Waals surface area contributed by atoms with Crippen LogP contribution in [0.4, 0.5) is 0 Å². The number of rotatable bonds is 4. The van der Waals surface area contributed by atoms with Gasteiger partial charge in [-0.25, -0.2) is 0 Å². The van der Waals surface area contributed by atoms with Crippen LogP contribution < -0.4 is 15.9 Å². The van der Waals surface area contributed by atoms with Gasteiger partial charge in [-0.15, -0.1) is 0 Å². The zero-order valence-electron chi connectivity index (χ0n) is 27.7. The molecule has 2 aliphatic rings. The number of benzene rings is 4. The molecule has 6 rings (SSSR count). The molecule has 3 nitrogen and oxygen atoms in total. The van der Waals surface area contributed by atoms with Crippen molar-refractivity contribution in [3.63, 3.8) is 0 Å². The first-order valence-corrected chi connectivity index (χ1v) is 18.1. The Hall–Kier alpha value is -3.23. The van der Waals surface area contributed by atoms with Crippen LogP contribution in [0.5, 0.6) is 0 Å². The van der Waals surface area contributed by atoms with Gasteiger partial charge in [-0.2, -0.15) is 0 Å². The molecule has 0 radical (unpaired) electrons. The molecule has 1 spiro atoms. The maximum absolute atomic E-state index is 8.00. The fraction of sp³-hybridized carbons (Fsp3) is 0.350. The van der Waals surface area contributed by atoms with E-state index < -0.39 is 6.89 Å². The lowest BCUT2D eigenvalue weighted by atomic mass is 9.94. The molecule has 0 bridgehead atoms. The van der Waals surface area contributed by atoms with Crippen molar-refractivity contribution in [1.29, 1.82) is 0 Å². The first-order valence-electron chi connectivity index (χ1n) is 16.3. The van der Waals surface area contributed by atoms with Crippen LogP contribution in [0.2, 0.25) is 0 Å². The van der Waals surface area contributed by atoms with Crippen LogP contribution in [-0.2, 0) is 14.3 Å². The molecule has 1 aliphatic carbocycles. The Kier molecular flexibility index (Phi) is 21.3. The predicted octanol–water partition coefficient (Wildman–Crippen LogP) is 9.44. The lowest BCUT2D eigenvalue weighted by Gasteiger charge is -2.30. The molecule has 1 saturated carbocycles. The van der Waals surface area contributed by atoms with Crippen molar-refractivity contribution in [2.24, 2.45) is 0 Å². The Bertz CT molecular complexity index is 1100. The highest BCUT2D eigenvalue weighted by molar-refractivity contribution is 7.94. The van der Waals surface area contributed by atoms with E-state index in [2.05, 4.69) is 104 Å². The Morgan fingerprint density at radius 3 is 1.16 bits per heavy atom. The maximum Gasteiger partial charge on any atom is 0.168 e. The van der Waals surface area contributed by atoms with Gasteiger partial charge in [0.25, 0.3) is 0 Å². The van der Waals surface area contributed by atoms with E-state index in [1.54, 1.807) is 0 Å². The van der Waals surface area contributed by atoms with Crippen LogP contribution in [0.1, 0.15) is 73.1 Å². The quantitative estimate of drug-likeness (QED) is 0.215. The van der Waals surface area contributed by atoms with E-state index in [0.29, 0.717) is 0 Å². The molecule has 0 amide bonds. The zero-order chi connectivity index (χ0) is 32.4. The topological polar surface area (TPSA) is 35.5 Å². The molecule has 4 aromatic rings. The summed E-state index contributed by atoms with van der Waals surface area (Å²) in [5, 5.41) is 4.28. The van der Waals surface area contributed by atoms with Gasteiger partial charge in [-0.05, 0) is 42.1 Å². The van der Waals surface area contributed by atoms with E-state index in [1.807, 2.05) is 70.9 Å². The molecule has 4 aromatic carbocycles. The maximum atomic E-state index is 8.00. The summed E-state index contributed by atoms with van der Waals surface area (Å²) in [6, 6.07) is 44.9. The molecular formula is C40H55O3P. The minimum atomic E-state index is -1.68. The summed E-state index contributed by atoms with van der Waals surface area (Å²) >= 11 is 0. The third kappa shape index (κ3) is 12.0. The molecule has 0 atom stereocenters. The van der Waals surface area contributed by atoms with Crippen LogP contribution in [0.25, 0.3) is 0 Å². The lowest BCUT2D eigenvalue weighted by Crippen LogP contribution is -2.32. The van der Waals surface area contributed by atoms with Gasteiger partial charge in [-0.3, -0.25) is 0 Å². The summed E-state index contributed by atoms with van der Waals surface area (Å²) in [5.74, 6) is 2.41. The van der Waals surface area contributed by atoms with E-state index in [-0.39, 0.29) is 5.79 Å². The van der Waals surface area contributed by atoms with E-state index in [1.165, 1.54) is 35.2 Å². The van der Waals surface area contributed by atoms with Crippen LogP contribution in [0.3, 0.4) is 0 Å². The molecule has 0 unspecified atom stereocenters. The normalized spacial score (nSPS) is 14.1.